The molecule has 1 aliphatic rings. The fourth-order valence-corrected chi connectivity index (χ4v) is 4.28. The molecule has 5 nitrogen and oxygen atoms in total. The molecule has 23 heavy (non-hydrogen) atoms. The van der Waals surface area contributed by atoms with Gasteiger partial charge < -0.3 is 4.52 Å². The summed E-state index contributed by atoms with van der Waals surface area (Å²) in [6.07, 6.45) is 4.03. The molecule has 0 aliphatic carbocycles. The number of imide groups is 1. The van der Waals surface area contributed by atoms with Gasteiger partial charge in [0.15, 0.2) is 7.37 Å². The van der Waals surface area contributed by atoms with Crippen LogP contribution in [0.3, 0.4) is 0 Å². The molecule has 1 heterocycles. The number of rotatable bonds is 9. The van der Waals surface area contributed by atoms with E-state index in [-0.39, 0.29) is 11.8 Å². The van der Waals surface area contributed by atoms with Crippen LogP contribution in [0, 0.1) is 0 Å². The van der Waals surface area contributed by atoms with E-state index in [1.165, 1.54) is 4.90 Å². The number of hydrogen-bond donors (Lipinski definition) is 0. The second kappa shape index (κ2) is 7.89. The minimum atomic E-state index is -2.44. The van der Waals surface area contributed by atoms with Crippen molar-refractivity contribution in [2.45, 2.75) is 32.6 Å². The number of hydrogen-bond acceptors (Lipinski definition) is 4. The first-order valence-corrected chi connectivity index (χ1v) is 10.4. The summed E-state index contributed by atoms with van der Waals surface area (Å²) in [5, 5.41) is 0. The molecule has 1 unspecified atom stereocenters. The lowest BCUT2D eigenvalue weighted by Gasteiger charge is -2.14. The summed E-state index contributed by atoms with van der Waals surface area (Å²) in [6, 6.07) is 6.94. The largest absolute Gasteiger partial charge is 0.329 e. The highest BCUT2D eigenvalue weighted by Gasteiger charge is 2.34. The van der Waals surface area contributed by atoms with Crippen molar-refractivity contribution >= 4 is 19.2 Å². The number of benzene rings is 1. The lowest BCUT2D eigenvalue weighted by Crippen LogP contribution is -2.30. The lowest BCUT2D eigenvalue weighted by atomic mass is 10.1. The molecule has 0 saturated heterocycles. The van der Waals surface area contributed by atoms with Crippen LogP contribution in [0.1, 0.15) is 53.3 Å². The molecule has 0 N–H and O–H groups in total. The molecule has 2 rings (SSSR count). The summed E-state index contributed by atoms with van der Waals surface area (Å²) in [7, 11) is -2.44. The van der Waals surface area contributed by atoms with E-state index >= 15 is 0 Å². The van der Waals surface area contributed by atoms with Crippen LogP contribution in [0.2, 0.25) is 0 Å². The minimum Gasteiger partial charge on any atom is -0.329 e. The Hall–Kier alpha value is -1.45. The smallest absolute Gasteiger partial charge is 0.261 e. The Labute approximate surface area is 137 Å². The van der Waals surface area contributed by atoms with E-state index in [9.17, 15) is 14.2 Å². The minimum absolute atomic E-state index is 0.194. The monoisotopic (exact) mass is 337 g/mol. The van der Waals surface area contributed by atoms with Crippen LogP contribution in [0.5, 0.6) is 0 Å². The Balaban J connectivity index is 1.71. The van der Waals surface area contributed by atoms with Crippen LogP contribution in [0.15, 0.2) is 24.3 Å². The van der Waals surface area contributed by atoms with Crippen LogP contribution < -0.4 is 0 Å². The Kier molecular flexibility index (Phi) is 6.14. The predicted octanol–water partition coefficient (Wildman–Crippen LogP) is 3.79. The Morgan fingerprint density at radius 2 is 1.57 bits per heavy atom. The number of nitrogens with zero attached hydrogens (tertiary/aromatic N) is 1. The van der Waals surface area contributed by atoms with E-state index in [0.29, 0.717) is 30.4 Å². The summed E-state index contributed by atoms with van der Waals surface area (Å²) < 4.78 is 17.2. The molecule has 0 saturated carbocycles. The summed E-state index contributed by atoms with van der Waals surface area (Å²) in [5.41, 5.74) is 1.00. The van der Waals surface area contributed by atoms with E-state index in [1.54, 1.807) is 30.9 Å². The van der Waals surface area contributed by atoms with Crippen LogP contribution >= 0.6 is 7.37 Å². The van der Waals surface area contributed by atoms with Crippen molar-refractivity contribution in [2.75, 3.05) is 26.0 Å². The fraction of sp³-hybridized carbons (Fsp3) is 0.529. The molecule has 1 aliphatic heterocycles. The van der Waals surface area contributed by atoms with Crippen LogP contribution in [-0.2, 0) is 9.09 Å². The number of amides is 2. The molecule has 0 bridgehead atoms. The summed E-state index contributed by atoms with van der Waals surface area (Å²) >= 11 is 0. The molecule has 126 valence electrons. The molecule has 1 aromatic rings. The van der Waals surface area contributed by atoms with E-state index in [0.717, 1.165) is 25.7 Å². The van der Waals surface area contributed by atoms with Gasteiger partial charge in [-0.1, -0.05) is 25.0 Å². The van der Waals surface area contributed by atoms with E-state index in [2.05, 4.69) is 0 Å². The molecule has 0 fully saturated rings. The second-order valence-corrected chi connectivity index (χ2v) is 8.61. The number of fused-ring (bicyclic) bond motifs is 1. The van der Waals surface area contributed by atoms with Gasteiger partial charge in [-0.05, 0) is 31.9 Å². The third-order valence-electron chi connectivity index (χ3n) is 3.98. The van der Waals surface area contributed by atoms with Gasteiger partial charge in [0, 0.05) is 19.4 Å². The average molecular weight is 337 g/mol. The lowest BCUT2D eigenvalue weighted by molar-refractivity contribution is 0.0651. The summed E-state index contributed by atoms with van der Waals surface area (Å²) in [4.78, 5) is 25.7. The van der Waals surface area contributed by atoms with Gasteiger partial charge >= 0.3 is 0 Å². The molecule has 0 radical (unpaired) electrons. The molecule has 1 atom stereocenters. The van der Waals surface area contributed by atoms with Crippen molar-refractivity contribution in [2.24, 2.45) is 0 Å². The van der Waals surface area contributed by atoms with Gasteiger partial charge in [0.2, 0.25) is 0 Å². The number of carbonyl (C=O) groups is 2. The van der Waals surface area contributed by atoms with Crippen molar-refractivity contribution < 1.29 is 18.7 Å². The maximum absolute atomic E-state index is 12.2. The zero-order chi connectivity index (χ0) is 16.9. The molecular formula is C17H24NO4P. The summed E-state index contributed by atoms with van der Waals surface area (Å²) in [6.45, 7) is 4.45. The number of unbranched alkanes of at least 4 members (excludes halogenated alkanes) is 3. The van der Waals surface area contributed by atoms with Gasteiger partial charge in [-0.15, -0.1) is 0 Å². The zero-order valence-corrected chi connectivity index (χ0v) is 14.7. The van der Waals surface area contributed by atoms with Gasteiger partial charge in [-0.25, -0.2) is 0 Å². The molecule has 2 amide bonds. The van der Waals surface area contributed by atoms with Crippen molar-refractivity contribution in [3.63, 3.8) is 0 Å². The maximum Gasteiger partial charge on any atom is 0.261 e. The van der Waals surface area contributed by atoms with Gasteiger partial charge in [-0.2, -0.15) is 0 Å². The van der Waals surface area contributed by atoms with Crippen molar-refractivity contribution in [3.05, 3.63) is 35.4 Å². The van der Waals surface area contributed by atoms with Gasteiger partial charge in [-0.3, -0.25) is 19.1 Å². The quantitative estimate of drug-likeness (QED) is 0.391. The van der Waals surface area contributed by atoms with Crippen molar-refractivity contribution in [3.8, 4) is 0 Å². The fourth-order valence-electron chi connectivity index (χ4n) is 2.80. The summed E-state index contributed by atoms with van der Waals surface area (Å²) in [5.74, 6) is -0.389. The van der Waals surface area contributed by atoms with Crippen molar-refractivity contribution in [1.29, 1.82) is 0 Å². The van der Waals surface area contributed by atoms with Gasteiger partial charge in [0.25, 0.3) is 11.8 Å². The first kappa shape index (κ1) is 17.9. The Morgan fingerprint density at radius 3 is 2.13 bits per heavy atom. The highest BCUT2D eigenvalue weighted by Crippen LogP contribution is 2.43. The third-order valence-corrected chi connectivity index (χ3v) is 5.91. The normalized spacial score (nSPS) is 16.5. The highest BCUT2D eigenvalue weighted by molar-refractivity contribution is 7.58. The van der Waals surface area contributed by atoms with Crippen LogP contribution in [0.25, 0.3) is 0 Å². The SMILES string of the molecule is CCOP(C)(=O)CCCCCCN1C(=O)c2ccccc2C1=O. The topological polar surface area (TPSA) is 63.7 Å². The predicted molar refractivity (Wildman–Crippen MR) is 90.3 cm³/mol. The van der Waals surface area contributed by atoms with E-state index < -0.39 is 7.37 Å². The molecular weight excluding hydrogens is 313 g/mol. The zero-order valence-electron chi connectivity index (χ0n) is 13.8. The first-order chi connectivity index (χ1) is 11.0. The second-order valence-electron chi connectivity index (χ2n) is 5.88. The molecule has 6 heteroatoms. The first-order valence-electron chi connectivity index (χ1n) is 8.12. The van der Waals surface area contributed by atoms with Crippen molar-refractivity contribution in [1.82, 2.24) is 4.90 Å². The van der Waals surface area contributed by atoms with E-state index in [4.69, 9.17) is 4.52 Å². The van der Waals surface area contributed by atoms with E-state index in [1.807, 2.05) is 6.92 Å². The standard InChI is InChI=1S/C17H24NO4P/c1-3-22-23(2,21)13-9-5-4-8-12-18-16(19)14-10-6-7-11-15(14)17(18)20/h6-7,10-11H,3-5,8-9,12-13H2,1-2H3. The molecule has 1 aromatic carbocycles. The van der Waals surface area contributed by atoms with Gasteiger partial charge in [0.05, 0.1) is 17.7 Å². The molecule has 0 aromatic heterocycles. The molecule has 0 spiro atoms. The average Bonchev–Trinajstić information content (AvgIpc) is 2.75. The Bertz CT molecular complexity index is 594. The van der Waals surface area contributed by atoms with Crippen LogP contribution in [-0.4, -0.2) is 42.7 Å². The van der Waals surface area contributed by atoms with Gasteiger partial charge in [0.1, 0.15) is 0 Å². The maximum atomic E-state index is 12.2. The Morgan fingerprint density at radius 1 is 1.00 bits per heavy atom. The third kappa shape index (κ3) is 4.52. The van der Waals surface area contributed by atoms with Crippen LogP contribution in [0.4, 0.5) is 0 Å². The number of carbonyl (C=O) groups excluding carboxylic acids is 2. The highest BCUT2D eigenvalue weighted by atomic mass is 31.2.